The molecule has 1 aromatic heterocycles. The van der Waals surface area contributed by atoms with Gasteiger partial charge in [-0.25, -0.2) is 4.98 Å². The third-order valence-corrected chi connectivity index (χ3v) is 3.92. The van der Waals surface area contributed by atoms with Gasteiger partial charge >= 0.3 is 0 Å². The molecule has 0 fully saturated rings. The van der Waals surface area contributed by atoms with Gasteiger partial charge in [-0.1, -0.05) is 18.3 Å². The molecule has 0 saturated carbocycles. The van der Waals surface area contributed by atoms with Crippen molar-refractivity contribution >= 4 is 17.2 Å². The van der Waals surface area contributed by atoms with E-state index in [4.69, 9.17) is 21.7 Å². The Labute approximate surface area is 142 Å². The van der Waals surface area contributed by atoms with Crippen molar-refractivity contribution in [3.05, 3.63) is 42.0 Å². The van der Waals surface area contributed by atoms with Crippen LogP contribution in [0, 0.1) is 6.92 Å². The van der Waals surface area contributed by atoms with Crippen molar-refractivity contribution in [2.75, 3.05) is 20.8 Å². The molecule has 0 aliphatic heterocycles. The van der Waals surface area contributed by atoms with Gasteiger partial charge in [0.2, 0.25) is 0 Å². The van der Waals surface area contributed by atoms with Crippen molar-refractivity contribution < 1.29 is 9.47 Å². The molecule has 1 aromatic carbocycles. The van der Waals surface area contributed by atoms with E-state index in [1.54, 1.807) is 14.2 Å². The van der Waals surface area contributed by atoms with E-state index in [0.717, 1.165) is 41.6 Å². The fraction of sp³-hybridized carbons (Fsp3) is 0.412. The lowest BCUT2D eigenvalue weighted by molar-refractivity contribution is 0.354. The van der Waals surface area contributed by atoms with Crippen LogP contribution in [0.4, 0.5) is 0 Å². The molecule has 0 radical (unpaired) electrons. The van der Waals surface area contributed by atoms with Gasteiger partial charge in [0, 0.05) is 31.4 Å². The van der Waals surface area contributed by atoms with E-state index in [1.807, 2.05) is 30.7 Å². The third-order valence-electron chi connectivity index (χ3n) is 3.63. The quantitative estimate of drug-likeness (QED) is 0.595. The minimum atomic E-state index is 0.694. The summed E-state index contributed by atoms with van der Waals surface area (Å²) in [6.07, 6.45) is 5.43. The van der Waals surface area contributed by atoms with Gasteiger partial charge in [-0.2, -0.15) is 0 Å². The molecule has 5 nitrogen and oxygen atoms in total. The van der Waals surface area contributed by atoms with Crippen LogP contribution in [0.25, 0.3) is 0 Å². The van der Waals surface area contributed by atoms with Crippen molar-refractivity contribution in [1.29, 1.82) is 0 Å². The van der Waals surface area contributed by atoms with Crippen LogP contribution in [0.1, 0.15) is 17.7 Å². The van der Waals surface area contributed by atoms with Crippen molar-refractivity contribution in [3.8, 4) is 11.5 Å². The van der Waals surface area contributed by atoms with E-state index in [-0.39, 0.29) is 0 Å². The predicted octanol–water partition coefficient (Wildman–Crippen LogP) is 2.76. The van der Waals surface area contributed by atoms with Gasteiger partial charge in [0.1, 0.15) is 0 Å². The summed E-state index contributed by atoms with van der Waals surface area (Å²) in [7, 11) is 3.27. The summed E-state index contributed by atoms with van der Waals surface area (Å²) >= 11 is 5.41. The summed E-state index contributed by atoms with van der Waals surface area (Å²) in [6, 6.07) is 5.87. The zero-order valence-electron chi connectivity index (χ0n) is 13.8. The Bertz CT molecular complexity index is 655. The fourth-order valence-electron chi connectivity index (χ4n) is 2.34. The maximum Gasteiger partial charge on any atom is 0.160 e. The highest BCUT2D eigenvalue weighted by Gasteiger charge is 2.06. The van der Waals surface area contributed by atoms with Gasteiger partial charge in [-0.05, 0) is 31.0 Å². The average Bonchev–Trinajstić information content (AvgIpc) is 2.96. The number of hydrogen-bond acceptors (Lipinski definition) is 4. The minimum Gasteiger partial charge on any atom is -0.493 e. The molecule has 0 bridgehead atoms. The monoisotopic (exact) mass is 332 g/mol. The fourth-order valence-corrected chi connectivity index (χ4v) is 2.61. The average molecular weight is 332 g/mol. The van der Waals surface area contributed by atoms with Crippen LogP contribution in [-0.2, 0) is 13.0 Å². The van der Waals surface area contributed by atoms with Crippen molar-refractivity contribution in [1.82, 2.24) is 14.9 Å². The van der Waals surface area contributed by atoms with E-state index in [1.165, 1.54) is 5.69 Å². The molecule has 2 rings (SSSR count). The second kappa shape index (κ2) is 8.53. The first kappa shape index (κ1) is 17.3. The number of ether oxygens (including phenoxy) is 2. The standard InChI is InChI=1S/C17H23N3O2S/c1-13-11-18-12-20(13)8-4-7-19-17(23)10-14-5-6-15(21-2)16(9-14)22-3/h5-6,9,11-12H,4,7-8,10H2,1-3H3,(H,19,23)/i3-1. The first-order chi connectivity index (χ1) is 11.1. The van der Waals surface area contributed by atoms with Crippen LogP contribution in [-0.4, -0.2) is 35.3 Å². The number of rotatable bonds is 8. The molecule has 0 unspecified atom stereocenters. The molecule has 23 heavy (non-hydrogen) atoms. The molecule has 6 heteroatoms. The van der Waals surface area contributed by atoms with Gasteiger partial charge in [0.15, 0.2) is 11.5 Å². The van der Waals surface area contributed by atoms with Crippen molar-refractivity contribution in [2.45, 2.75) is 26.3 Å². The van der Waals surface area contributed by atoms with E-state index in [9.17, 15) is 0 Å². The number of methoxy groups -OCH3 is 2. The highest BCUT2D eigenvalue weighted by molar-refractivity contribution is 7.80. The topological polar surface area (TPSA) is 48.3 Å². The number of hydrogen-bond donors (Lipinski definition) is 1. The Hall–Kier alpha value is -2.08. The van der Waals surface area contributed by atoms with Gasteiger partial charge in [0.25, 0.3) is 0 Å². The summed E-state index contributed by atoms with van der Waals surface area (Å²) < 4.78 is 12.7. The van der Waals surface area contributed by atoms with Gasteiger partial charge in [0.05, 0.1) is 25.5 Å². The third kappa shape index (κ3) is 4.96. The van der Waals surface area contributed by atoms with Gasteiger partial charge in [-0.15, -0.1) is 0 Å². The van der Waals surface area contributed by atoms with Crippen LogP contribution in [0.15, 0.2) is 30.7 Å². The summed E-state index contributed by atoms with van der Waals surface area (Å²) in [5.41, 5.74) is 2.28. The highest BCUT2D eigenvalue weighted by Crippen LogP contribution is 2.27. The maximum absolute atomic E-state index is 5.41. The van der Waals surface area contributed by atoms with Crippen molar-refractivity contribution in [3.63, 3.8) is 0 Å². The molecule has 124 valence electrons. The van der Waals surface area contributed by atoms with Crippen LogP contribution in [0.2, 0.25) is 0 Å². The van der Waals surface area contributed by atoms with Crippen molar-refractivity contribution in [2.24, 2.45) is 0 Å². The molecule has 0 saturated heterocycles. The summed E-state index contributed by atoms with van der Waals surface area (Å²) in [5, 5.41) is 3.30. The number of thiocarbonyl (C=S) groups is 1. The molecular weight excluding hydrogens is 309 g/mol. The Morgan fingerprint density at radius 2 is 2.04 bits per heavy atom. The zero-order valence-corrected chi connectivity index (χ0v) is 14.7. The molecule has 2 aromatic rings. The maximum atomic E-state index is 5.41. The van der Waals surface area contributed by atoms with Gasteiger partial charge < -0.3 is 19.4 Å². The lowest BCUT2D eigenvalue weighted by atomic mass is 10.1. The predicted molar refractivity (Wildman–Crippen MR) is 95.4 cm³/mol. The Morgan fingerprint density at radius 3 is 2.70 bits per heavy atom. The van der Waals surface area contributed by atoms with Crippen LogP contribution >= 0.6 is 12.2 Å². The van der Waals surface area contributed by atoms with Gasteiger partial charge in [-0.3, -0.25) is 0 Å². The number of nitrogens with zero attached hydrogens (tertiary/aromatic N) is 2. The second-order valence-electron chi connectivity index (χ2n) is 5.30. The second-order valence-corrected chi connectivity index (χ2v) is 5.79. The van der Waals surface area contributed by atoms with E-state index >= 15 is 0 Å². The number of imidazole rings is 1. The molecule has 0 atom stereocenters. The first-order valence-electron chi connectivity index (χ1n) is 7.58. The Balaban J connectivity index is 1.77. The molecule has 0 aliphatic carbocycles. The lowest BCUT2D eigenvalue weighted by Gasteiger charge is -2.11. The summed E-state index contributed by atoms with van der Waals surface area (Å²) in [4.78, 5) is 4.95. The molecule has 0 amide bonds. The Morgan fingerprint density at radius 1 is 1.26 bits per heavy atom. The van der Waals surface area contributed by atoms with Crippen LogP contribution in [0.3, 0.4) is 0 Å². The zero-order chi connectivity index (χ0) is 16.7. The number of benzene rings is 1. The Kier molecular flexibility index (Phi) is 6.40. The SMILES string of the molecule is COc1ccc(CC(=S)NCCCn2cncc2C)cc1O[11CH3]. The molecule has 0 aliphatic rings. The summed E-state index contributed by atoms with van der Waals surface area (Å²) in [5.74, 6) is 1.45. The smallest absolute Gasteiger partial charge is 0.160 e. The first-order valence-corrected chi connectivity index (χ1v) is 7.99. The molecule has 1 N–H and O–H groups in total. The van der Waals surface area contributed by atoms with E-state index < -0.39 is 0 Å². The van der Waals surface area contributed by atoms with Crippen LogP contribution < -0.4 is 14.8 Å². The minimum absolute atomic E-state index is 0.694. The largest absolute Gasteiger partial charge is 0.493 e. The van der Waals surface area contributed by atoms with E-state index in [2.05, 4.69) is 21.8 Å². The molecule has 1 heterocycles. The van der Waals surface area contributed by atoms with E-state index in [0.29, 0.717) is 6.42 Å². The number of aryl methyl sites for hydroxylation is 2. The number of nitrogens with one attached hydrogen (secondary N) is 1. The normalized spacial score (nSPS) is 10.4. The molecular formula is C17H23N3O2S. The highest BCUT2D eigenvalue weighted by atomic mass is 32.1. The lowest BCUT2D eigenvalue weighted by Crippen LogP contribution is -2.25. The summed E-state index contributed by atoms with van der Waals surface area (Å²) in [6.45, 7) is 3.85. The molecule has 0 spiro atoms. The van der Waals surface area contributed by atoms with Crippen LogP contribution in [0.5, 0.6) is 11.5 Å². The number of aromatic nitrogens is 2.